The van der Waals surface area contributed by atoms with Gasteiger partial charge in [0.1, 0.15) is 13.6 Å². The van der Waals surface area contributed by atoms with E-state index in [1.165, 1.54) is 0 Å². The van der Waals surface area contributed by atoms with Crippen LogP contribution in [0.4, 0.5) is 0 Å². The van der Waals surface area contributed by atoms with Crippen molar-refractivity contribution in [2.75, 3.05) is 46.6 Å². The van der Waals surface area contributed by atoms with Crippen molar-refractivity contribution in [3.05, 3.63) is 12.2 Å². The molecular formula is C12H22O7. The zero-order chi connectivity index (χ0) is 14.3. The van der Waals surface area contributed by atoms with E-state index < -0.39 is 5.97 Å². The van der Waals surface area contributed by atoms with Gasteiger partial charge in [-0.1, -0.05) is 6.58 Å². The van der Waals surface area contributed by atoms with Crippen molar-refractivity contribution in [2.24, 2.45) is 0 Å². The molecule has 112 valence electrons. The molecule has 0 bridgehead atoms. The lowest BCUT2D eigenvalue weighted by Gasteiger charge is -2.08. The molecule has 0 radical (unpaired) electrons. The molecule has 19 heavy (non-hydrogen) atoms. The van der Waals surface area contributed by atoms with E-state index >= 15 is 0 Å². The van der Waals surface area contributed by atoms with Crippen LogP contribution in [0.1, 0.15) is 12.8 Å². The highest BCUT2D eigenvalue weighted by molar-refractivity contribution is 5.87. The fraction of sp³-hybridized carbons (Fsp3) is 0.750. The molecular weight excluding hydrogens is 256 g/mol. The summed E-state index contributed by atoms with van der Waals surface area (Å²) in [4.78, 5) is 11.3. The monoisotopic (exact) mass is 278 g/mol. The van der Waals surface area contributed by atoms with Crippen LogP contribution in [0.2, 0.25) is 0 Å². The van der Waals surface area contributed by atoms with Crippen LogP contribution < -0.4 is 0 Å². The molecule has 0 heterocycles. The van der Waals surface area contributed by atoms with E-state index in [1.807, 2.05) is 0 Å². The normalized spacial score (nSPS) is 10.4. The lowest BCUT2D eigenvalue weighted by Crippen LogP contribution is -2.14. The maximum atomic E-state index is 11.3. The Hall–Kier alpha value is -0.990. The Balaban J connectivity index is 3.35. The Morgan fingerprint density at radius 1 is 0.947 bits per heavy atom. The molecule has 0 atom stereocenters. The Morgan fingerprint density at radius 2 is 1.58 bits per heavy atom. The number of hydrogen-bond acceptors (Lipinski definition) is 7. The van der Waals surface area contributed by atoms with E-state index in [9.17, 15) is 4.79 Å². The van der Waals surface area contributed by atoms with Gasteiger partial charge in [-0.3, -0.25) is 0 Å². The van der Waals surface area contributed by atoms with Crippen molar-refractivity contribution in [1.29, 1.82) is 0 Å². The molecule has 0 rings (SSSR count). The van der Waals surface area contributed by atoms with Crippen molar-refractivity contribution in [3.8, 4) is 0 Å². The van der Waals surface area contributed by atoms with E-state index in [1.54, 1.807) is 0 Å². The summed E-state index contributed by atoms with van der Waals surface area (Å²) in [6.07, 6.45) is 0.953. The van der Waals surface area contributed by atoms with Crippen molar-refractivity contribution < 1.29 is 34.0 Å². The molecule has 0 aromatic rings. The van der Waals surface area contributed by atoms with Crippen LogP contribution in [0.15, 0.2) is 12.2 Å². The number of carbonyl (C=O) groups excluding carboxylic acids is 1. The molecule has 0 spiro atoms. The number of aliphatic hydroxyl groups excluding tert-OH is 2. The predicted molar refractivity (Wildman–Crippen MR) is 66.2 cm³/mol. The summed E-state index contributed by atoms with van der Waals surface area (Å²) in [6, 6.07) is 0. The van der Waals surface area contributed by atoms with Crippen LogP contribution in [0.5, 0.6) is 0 Å². The van der Waals surface area contributed by atoms with E-state index in [0.29, 0.717) is 19.4 Å². The van der Waals surface area contributed by atoms with Crippen molar-refractivity contribution in [3.63, 3.8) is 0 Å². The molecule has 0 aliphatic carbocycles. The molecule has 0 saturated heterocycles. The van der Waals surface area contributed by atoms with Gasteiger partial charge in [0.25, 0.3) is 0 Å². The second-order valence-electron chi connectivity index (χ2n) is 3.59. The smallest absolute Gasteiger partial charge is 0.335 e. The first-order valence-corrected chi connectivity index (χ1v) is 6.02. The number of rotatable bonds is 13. The average molecular weight is 278 g/mol. The summed E-state index contributed by atoms with van der Waals surface area (Å²) in [6.45, 7) is 4.18. The van der Waals surface area contributed by atoms with Crippen molar-refractivity contribution >= 4 is 5.97 Å². The molecule has 0 fully saturated rings. The fourth-order valence-corrected chi connectivity index (χ4v) is 0.933. The second-order valence-corrected chi connectivity index (χ2v) is 3.59. The van der Waals surface area contributed by atoms with Gasteiger partial charge in [0.05, 0.1) is 25.4 Å². The standard InChI is InChI=1S/C12H22O7/c1-11(12(15)19-7-3-5-14)8-17-10-18-9-16-6-2-4-13/h13-14H,1-10H2. The van der Waals surface area contributed by atoms with Gasteiger partial charge in [-0.15, -0.1) is 0 Å². The highest BCUT2D eigenvalue weighted by Gasteiger charge is 2.08. The molecule has 2 N–H and O–H groups in total. The minimum atomic E-state index is -0.548. The van der Waals surface area contributed by atoms with Gasteiger partial charge in [-0.25, -0.2) is 4.79 Å². The van der Waals surface area contributed by atoms with E-state index in [4.69, 9.17) is 29.2 Å². The van der Waals surface area contributed by atoms with E-state index in [-0.39, 0.29) is 45.6 Å². The number of esters is 1. The van der Waals surface area contributed by atoms with E-state index in [2.05, 4.69) is 6.58 Å². The Morgan fingerprint density at radius 3 is 2.26 bits per heavy atom. The van der Waals surface area contributed by atoms with Gasteiger partial charge in [-0.2, -0.15) is 0 Å². The van der Waals surface area contributed by atoms with Gasteiger partial charge in [0.2, 0.25) is 0 Å². The lowest BCUT2D eigenvalue weighted by molar-refractivity contribution is -0.143. The first-order chi connectivity index (χ1) is 9.22. The molecule has 0 saturated carbocycles. The Labute approximate surface area is 112 Å². The third-order valence-electron chi connectivity index (χ3n) is 1.88. The quantitative estimate of drug-likeness (QED) is 0.209. The number of carbonyl (C=O) groups is 1. The van der Waals surface area contributed by atoms with Gasteiger partial charge >= 0.3 is 5.97 Å². The predicted octanol–water partition coefficient (Wildman–Crippen LogP) is -0.185. The Kier molecular flexibility index (Phi) is 12.7. The SMILES string of the molecule is C=C(COCOCOCCCO)C(=O)OCCCO. The summed E-state index contributed by atoms with van der Waals surface area (Å²) >= 11 is 0. The first-order valence-electron chi connectivity index (χ1n) is 6.02. The maximum Gasteiger partial charge on any atom is 0.335 e. The molecule has 0 aromatic carbocycles. The molecule has 0 aromatic heterocycles. The highest BCUT2D eigenvalue weighted by Crippen LogP contribution is 1.97. The van der Waals surface area contributed by atoms with E-state index in [0.717, 1.165) is 0 Å². The number of hydrogen-bond donors (Lipinski definition) is 2. The summed E-state index contributed by atoms with van der Waals surface area (Å²) in [5, 5.41) is 17.0. The zero-order valence-electron chi connectivity index (χ0n) is 11.0. The van der Waals surface area contributed by atoms with Crippen LogP contribution in [0.3, 0.4) is 0 Å². The molecule has 0 aliphatic heterocycles. The van der Waals surface area contributed by atoms with Crippen LogP contribution >= 0.6 is 0 Å². The van der Waals surface area contributed by atoms with Crippen LogP contribution in [-0.4, -0.2) is 62.8 Å². The topological polar surface area (TPSA) is 94.5 Å². The third kappa shape index (κ3) is 11.8. The summed E-state index contributed by atoms with van der Waals surface area (Å²) in [5.41, 5.74) is 0.183. The lowest BCUT2D eigenvalue weighted by atomic mass is 10.3. The minimum absolute atomic E-state index is 0.00853. The molecule has 7 nitrogen and oxygen atoms in total. The van der Waals surface area contributed by atoms with Crippen LogP contribution in [0, 0.1) is 0 Å². The van der Waals surface area contributed by atoms with Crippen molar-refractivity contribution in [1.82, 2.24) is 0 Å². The van der Waals surface area contributed by atoms with Gasteiger partial charge < -0.3 is 29.2 Å². The average Bonchev–Trinajstić information content (AvgIpc) is 2.41. The third-order valence-corrected chi connectivity index (χ3v) is 1.88. The molecule has 0 unspecified atom stereocenters. The van der Waals surface area contributed by atoms with Gasteiger partial charge in [0, 0.05) is 19.6 Å². The fourth-order valence-electron chi connectivity index (χ4n) is 0.933. The van der Waals surface area contributed by atoms with Crippen LogP contribution in [0.25, 0.3) is 0 Å². The molecule has 0 aliphatic rings. The number of aliphatic hydroxyl groups is 2. The second kappa shape index (κ2) is 13.4. The first kappa shape index (κ1) is 18.0. The largest absolute Gasteiger partial charge is 0.462 e. The summed E-state index contributed by atoms with van der Waals surface area (Å²) in [5.74, 6) is -0.548. The minimum Gasteiger partial charge on any atom is -0.462 e. The zero-order valence-corrected chi connectivity index (χ0v) is 11.0. The summed E-state index contributed by atoms with van der Waals surface area (Å²) in [7, 11) is 0. The maximum absolute atomic E-state index is 11.3. The summed E-state index contributed by atoms with van der Waals surface area (Å²) < 4.78 is 19.8. The Bertz CT molecular complexity index is 242. The van der Waals surface area contributed by atoms with Crippen LogP contribution in [-0.2, 0) is 23.7 Å². The molecule has 0 amide bonds. The highest BCUT2D eigenvalue weighted by atomic mass is 16.7. The van der Waals surface area contributed by atoms with Gasteiger partial charge in [0.15, 0.2) is 0 Å². The van der Waals surface area contributed by atoms with Gasteiger partial charge in [-0.05, 0) is 6.42 Å². The van der Waals surface area contributed by atoms with Crippen molar-refractivity contribution in [2.45, 2.75) is 12.8 Å². The molecule has 7 heteroatoms. The number of ether oxygens (including phenoxy) is 4.